The third kappa shape index (κ3) is 3.94. The Morgan fingerprint density at radius 2 is 2.21 bits per heavy atom. The van der Waals surface area contributed by atoms with Crippen molar-refractivity contribution >= 4 is 40.2 Å². The lowest BCUT2D eigenvalue weighted by Crippen LogP contribution is -2.08. The van der Waals surface area contributed by atoms with Crippen LogP contribution in [0.15, 0.2) is 29.6 Å². The molecule has 0 aliphatic rings. The Labute approximate surface area is 119 Å². The average molecular weight is 299 g/mol. The number of benzene rings is 1. The van der Waals surface area contributed by atoms with E-state index >= 15 is 0 Å². The highest BCUT2D eigenvalue weighted by Gasteiger charge is 2.06. The molecule has 2 N–H and O–H groups in total. The van der Waals surface area contributed by atoms with Gasteiger partial charge in [-0.05, 0) is 29.6 Å². The molecule has 0 atom stereocenters. The molecule has 1 amide bonds. The number of thiophene rings is 1. The first-order valence-electron chi connectivity index (χ1n) is 5.58. The molecule has 0 saturated carbocycles. The number of hydrogen-bond acceptors (Lipinski definition) is 3. The molecular weight excluding hydrogens is 287 g/mol. The lowest BCUT2D eigenvalue weighted by molar-refractivity contribution is -0.114. The minimum absolute atomic E-state index is 0.117. The standard InChI is InChI=1S/C13H12ClFN2OS/c1-8(18)17-12-2-3-19-13(12)7-16-11-5-9(14)4-10(15)6-11/h2-6,16H,7H2,1H3,(H,17,18). The molecule has 1 aromatic heterocycles. The highest BCUT2D eigenvalue weighted by molar-refractivity contribution is 7.10. The Kier molecular flexibility index (Phi) is 4.39. The first-order valence-corrected chi connectivity index (χ1v) is 6.84. The summed E-state index contributed by atoms with van der Waals surface area (Å²) in [5, 5.41) is 8.05. The summed E-state index contributed by atoms with van der Waals surface area (Å²) < 4.78 is 13.2. The minimum atomic E-state index is -0.386. The van der Waals surface area contributed by atoms with Crippen molar-refractivity contribution in [3.05, 3.63) is 45.4 Å². The zero-order valence-corrected chi connectivity index (χ0v) is 11.7. The van der Waals surface area contributed by atoms with Crippen LogP contribution in [0.3, 0.4) is 0 Å². The molecule has 0 saturated heterocycles. The van der Waals surface area contributed by atoms with E-state index in [4.69, 9.17) is 11.6 Å². The number of halogens is 2. The number of amides is 1. The zero-order valence-electron chi connectivity index (χ0n) is 10.2. The number of rotatable bonds is 4. The lowest BCUT2D eigenvalue weighted by Gasteiger charge is -2.08. The van der Waals surface area contributed by atoms with Gasteiger partial charge < -0.3 is 10.6 Å². The second-order valence-corrected chi connectivity index (χ2v) is 5.39. The molecule has 0 unspecified atom stereocenters. The molecule has 19 heavy (non-hydrogen) atoms. The fourth-order valence-corrected chi connectivity index (χ4v) is 2.61. The predicted octanol–water partition coefficient (Wildman–Crippen LogP) is 4.11. The molecule has 100 valence electrons. The van der Waals surface area contributed by atoms with E-state index in [9.17, 15) is 9.18 Å². The lowest BCUT2D eigenvalue weighted by atomic mass is 10.3. The van der Waals surface area contributed by atoms with Crippen LogP contribution < -0.4 is 10.6 Å². The van der Waals surface area contributed by atoms with Gasteiger partial charge in [-0.3, -0.25) is 4.79 Å². The highest BCUT2D eigenvalue weighted by Crippen LogP contribution is 2.24. The molecule has 2 aromatic rings. The number of anilines is 2. The average Bonchev–Trinajstić information content (AvgIpc) is 2.71. The van der Waals surface area contributed by atoms with Gasteiger partial charge in [-0.15, -0.1) is 11.3 Å². The Balaban J connectivity index is 2.06. The van der Waals surface area contributed by atoms with E-state index < -0.39 is 0 Å². The zero-order chi connectivity index (χ0) is 13.8. The van der Waals surface area contributed by atoms with Crippen molar-refractivity contribution in [3.63, 3.8) is 0 Å². The summed E-state index contributed by atoms with van der Waals surface area (Å²) in [6, 6.07) is 6.11. The van der Waals surface area contributed by atoms with E-state index in [0.29, 0.717) is 17.3 Å². The van der Waals surface area contributed by atoms with Crippen molar-refractivity contribution in [2.24, 2.45) is 0 Å². The van der Waals surface area contributed by atoms with Crippen LogP contribution in [0.1, 0.15) is 11.8 Å². The second kappa shape index (κ2) is 6.04. The summed E-state index contributed by atoms with van der Waals surface area (Å²) in [5.74, 6) is -0.503. The van der Waals surface area contributed by atoms with Crippen molar-refractivity contribution in [1.82, 2.24) is 0 Å². The summed E-state index contributed by atoms with van der Waals surface area (Å²) >= 11 is 7.29. The Morgan fingerprint density at radius 3 is 2.89 bits per heavy atom. The van der Waals surface area contributed by atoms with Crippen LogP contribution in [0.4, 0.5) is 15.8 Å². The molecule has 3 nitrogen and oxygen atoms in total. The SMILES string of the molecule is CC(=O)Nc1ccsc1CNc1cc(F)cc(Cl)c1. The normalized spacial score (nSPS) is 10.3. The molecule has 1 heterocycles. The summed E-state index contributed by atoms with van der Waals surface area (Å²) in [6.45, 7) is 1.95. The second-order valence-electron chi connectivity index (χ2n) is 3.95. The van der Waals surface area contributed by atoms with Crippen molar-refractivity contribution in [2.75, 3.05) is 10.6 Å². The van der Waals surface area contributed by atoms with Gasteiger partial charge in [-0.1, -0.05) is 11.6 Å². The number of nitrogens with one attached hydrogen (secondary N) is 2. The van der Waals surface area contributed by atoms with Crippen LogP contribution in [0, 0.1) is 5.82 Å². The molecule has 0 radical (unpaired) electrons. The van der Waals surface area contributed by atoms with Gasteiger partial charge in [-0.2, -0.15) is 0 Å². The molecule has 0 aliphatic heterocycles. The first kappa shape index (κ1) is 13.8. The van der Waals surface area contributed by atoms with Crippen molar-refractivity contribution in [3.8, 4) is 0 Å². The van der Waals surface area contributed by atoms with E-state index in [2.05, 4.69) is 10.6 Å². The molecule has 0 spiro atoms. The Bertz CT molecular complexity index is 580. The fourth-order valence-electron chi connectivity index (χ4n) is 1.62. The van der Waals surface area contributed by atoms with Crippen LogP contribution in [0.5, 0.6) is 0 Å². The third-order valence-electron chi connectivity index (χ3n) is 2.37. The maximum Gasteiger partial charge on any atom is 0.221 e. The Morgan fingerprint density at radius 1 is 1.42 bits per heavy atom. The van der Waals surface area contributed by atoms with Crippen LogP contribution in [0.25, 0.3) is 0 Å². The summed E-state index contributed by atoms with van der Waals surface area (Å²) in [5.41, 5.74) is 1.37. The fraction of sp³-hybridized carbons (Fsp3) is 0.154. The van der Waals surface area contributed by atoms with Crippen LogP contribution in [-0.4, -0.2) is 5.91 Å². The van der Waals surface area contributed by atoms with E-state index in [1.54, 1.807) is 6.07 Å². The number of hydrogen-bond donors (Lipinski definition) is 2. The number of carbonyl (C=O) groups is 1. The van der Waals surface area contributed by atoms with E-state index in [1.807, 2.05) is 11.4 Å². The minimum Gasteiger partial charge on any atom is -0.380 e. The van der Waals surface area contributed by atoms with Gasteiger partial charge in [0.05, 0.1) is 12.2 Å². The first-order chi connectivity index (χ1) is 9.04. The van der Waals surface area contributed by atoms with E-state index in [-0.39, 0.29) is 11.7 Å². The summed E-state index contributed by atoms with van der Waals surface area (Å²) in [4.78, 5) is 12.0. The largest absolute Gasteiger partial charge is 0.380 e. The monoisotopic (exact) mass is 298 g/mol. The molecule has 2 rings (SSSR count). The van der Waals surface area contributed by atoms with Gasteiger partial charge in [-0.25, -0.2) is 4.39 Å². The van der Waals surface area contributed by atoms with Gasteiger partial charge in [0.2, 0.25) is 5.91 Å². The van der Waals surface area contributed by atoms with Crippen molar-refractivity contribution < 1.29 is 9.18 Å². The van der Waals surface area contributed by atoms with Crippen molar-refractivity contribution in [1.29, 1.82) is 0 Å². The van der Waals surface area contributed by atoms with E-state index in [1.165, 1.54) is 30.4 Å². The molecular formula is C13H12ClFN2OS. The summed E-state index contributed by atoms with van der Waals surface area (Å²) in [6.07, 6.45) is 0. The van der Waals surface area contributed by atoms with Gasteiger partial charge in [0.1, 0.15) is 5.82 Å². The topological polar surface area (TPSA) is 41.1 Å². The summed E-state index contributed by atoms with van der Waals surface area (Å²) in [7, 11) is 0. The maximum atomic E-state index is 13.2. The van der Waals surface area contributed by atoms with Crippen LogP contribution >= 0.6 is 22.9 Å². The molecule has 0 fully saturated rings. The van der Waals surface area contributed by atoms with Gasteiger partial charge in [0.15, 0.2) is 0 Å². The van der Waals surface area contributed by atoms with Gasteiger partial charge in [0, 0.05) is 22.5 Å². The Hall–Kier alpha value is -1.59. The van der Waals surface area contributed by atoms with Gasteiger partial charge >= 0.3 is 0 Å². The predicted molar refractivity (Wildman–Crippen MR) is 77.4 cm³/mol. The third-order valence-corrected chi connectivity index (χ3v) is 3.51. The van der Waals surface area contributed by atoms with Gasteiger partial charge in [0.25, 0.3) is 0 Å². The van der Waals surface area contributed by atoms with E-state index in [0.717, 1.165) is 10.6 Å². The van der Waals surface area contributed by atoms with Crippen LogP contribution in [0.2, 0.25) is 5.02 Å². The quantitative estimate of drug-likeness (QED) is 0.892. The molecule has 1 aromatic carbocycles. The van der Waals surface area contributed by atoms with Crippen molar-refractivity contribution in [2.45, 2.75) is 13.5 Å². The number of carbonyl (C=O) groups excluding carboxylic acids is 1. The molecule has 0 bridgehead atoms. The maximum absolute atomic E-state index is 13.2. The molecule has 0 aliphatic carbocycles. The highest BCUT2D eigenvalue weighted by atomic mass is 35.5. The molecule has 6 heteroatoms. The van der Waals surface area contributed by atoms with Crippen LogP contribution in [-0.2, 0) is 11.3 Å². The smallest absolute Gasteiger partial charge is 0.221 e.